The normalized spacial score (nSPS) is 11.3. The van der Waals surface area contributed by atoms with E-state index in [1.165, 1.54) is 0 Å². The maximum atomic E-state index is 12.3. The summed E-state index contributed by atoms with van der Waals surface area (Å²) in [5.41, 5.74) is 2.43. The third-order valence-corrected chi connectivity index (χ3v) is 3.74. The number of nitrogens with zero attached hydrogens (tertiary/aromatic N) is 2. The minimum Gasteiger partial charge on any atom is -0.355 e. The lowest BCUT2D eigenvalue weighted by Crippen LogP contribution is -2.36. The summed E-state index contributed by atoms with van der Waals surface area (Å²) in [6.45, 7) is 0.495. The van der Waals surface area contributed by atoms with Crippen molar-refractivity contribution in [1.29, 1.82) is 0 Å². The Hall–Kier alpha value is -2.38. The molecule has 2 rings (SSSR count). The van der Waals surface area contributed by atoms with Gasteiger partial charge >= 0.3 is 0 Å². The summed E-state index contributed by atoms with van der Waals surface area (Å²) in [6.07, 6.45) is 4.14. The van der Waals surface area contributed by atoms with Gasteiger partial charge in [0.25, 0.3) is 5.91 Å². The zero-order valence-electron chi connectivity index (χ0n) is 14.6. The number of amides is 2. The molecule has 1 aromatic carbocycles. The minimum atomic E-state index is -0.434. The predicted octanol–water partition coefficient (Wildman–Crippen LogP) is 0.821. The van der Waals surface area contributed by atoms with E-state index in [-0.39, 0.29) is 24.2 Å². The molecular weight excluding hydrogens is 342 g/mol. The zero-order chi connectivity index (χ0) is 17.5. The quantitative estimate of drug-likeness (QED) is 0.678. The first-order valence-corrected chi connectivity index (χ1v) is 7.79. The highest BCUT2D eigenvalue weighted by Gasteiger charge is 2.19. The van der Waals surface area contributed by atoms with Gasteiger partial charge in [-0.3, -0.25) is 14.3 Å². The Bertz CT molecular complexity index is 717. The number of hydrogen-bond donors (Lipinski definition) is 3. The minimum absolute atomic E-state index is 0. The van der Waals surface area contributed by atoms with Crippen molar-refractivity contribution in [2.75, 3.05) is 20.6 Å². The van der Waals surface area contributed by atoms with Gasteiger partial charge in [0.2, 0.25) is 5.91 Å². The van der Waals surface area contributed by atoms with Crippen molar-refractivity contribution in [3.05, 3.63) is 53.3 Å². The van der Waals surface area contributed by atoms with Crippen LogP contribution in [0.2, 0.25) is 0 Å². The molecule has 0 radical (unpaired) electrons. The summed E-state index contributed by atoms with van der Waals surface area (Å²) in [5, 5.41) is 12.6. The molecule has 1 atom stereocenters. The molecule has 0 aliphatic heterocycles. The molecule has 2 amide bonds. The van der Waals surface area contributed by atoms with Crippen LogP contribution in [0.4, 0.5) is 0 Å². The molecule has 0 bridgehead atoms. The SMILES string of the molecule is CNC(=O)c1cccc(CCNC(=O)C(NC)c2cnn(C)c2)c1.Cl. The number of carbonyl (C=O) groups excluding carboxylic acids is 2. The molecule has 2 aromatic rings. The van der Waals surface area contributed by atoms with Crippen molar-refractivity contribution in [3.63, 3.8) is 0 Å². The van der Waals surface area contributed by atoms with Gasteiger partial charge in [-0.2, -0.15) is 5.10 Å². The number of aryl methyl sites for hydroxylation is 1. The Kier molecular flexibility index (Phi) is 8.10. The largest absolute Gasteiger partial charge is 0.355 e. The highest BCUT2D eigenvalue weighted by molar-refractivity contribution is 5.94. The van der Waals surface area contributed by atoms with Crippen LogP contribution in [0.25, 0.3) is 0 Å². The van der Waals surface area contributed by atoms with E-state index in [2.05, 4.69) is 21.0 Å². The summed E-state index contributed by atoms with van der Waals surface area (Å²) in [6, 6.07) is 6.95. The van der Waals surface area contributed by atoms with Gasteiger partial charge in [0, 0.05) is 38.0 Å². The number of carbonyl (C=O) groups is 2. The van der Waals surface area contributed by atoms with E-state index in [0.717, 1.165) is 11.1 Å². The van der Waals surface area contributed by atoms with Crippen LogP contribution in [-0.2, 0) is 18.3 Å². The molecule has 1 unspecified atom stereocenters. The second-order valence-electron chi connectivity index (χ2n) is 5.49. The molecule has 25 heavy (non-hydrogen) atoms. The first-order chi connectivity index (χ1) is 11.5. The fraction of sp³-hybridized carbons (Fsp3) is 0.353. The standard InChI is InChI=1S/C17H23N5O2.ClH/c1-18-15(14-10-21-22(3)11-14)17(24)20-8-7-12-5-4-6-13(9-12)16(23)19-2;/h4-6,9-11,15,18H,7-8H2,1-3H3,(H,19,23)(H,20,24);1H. The van der Waals surface area contributed by atoms with Gasteiger partial charge in [0.1, 0.15) is 6.04 Å². The molecule has 3 N–H and O–H groups in total. The second-order valence-corrected chi connectivity index (χ2v) is 5.49. The van der Waals surface area contributed by atoms with Crippen molar-refractivity contribution in [2.24, 2.45) is 7.05 Å². The number of likely N-dealkylation sites (N-methyl/N-ethyl adjacent to an activating group) is 1. The molecule has 1 heterocycles. The molecule has 0 saturated carbocycles. The van der Waals surface area contributed by atoms with E-state index >= 15 is 0 Å². The molecule has 0 fully saturated rings. The smallest absolute Gasteiger partial charge is 0.251 e. The predicted molar refractivity (Wildman–Crippen MR) is 98.8 cm³/mol. The molecule has 8 heteroatoms. The number of hydrogen-bond acceptors (Lipinski definition) is 4. The highest BCUT2D eigenvalue weighted by atomic mass is 35.5. The monoisotopic (exact) mass is 365 g/mol. The summed E-state index contributed by atoms with van der Waals surface area (Å²) in [7, 11) is 5.16. The van der Waals surface area contributed by atoms with E-state index < -0.39 is 6.04 Å². The van der Waals surface area contributed by atoms with E-state index in [0.29, 0.717) is 18.5 Å². The molecule has 1 aromatic heterocycles. The van der Waals surface area contributed by atoms with Gasteiger partial charge in [-0.25, -0.2) is 0 Å². The van der Waals surface area contributed by atoms with Crippen molar-refractivity contribution in [1.82, 2.24) is 25.7 Å². The van der Waals surface area contributed by atoms with Crippen LogP contribution in [0, 0.1) is 0 Å². The van der Waals surface area contributed by atoms with E-state index in [1.54, 1.807) is 31.0 Å². The van der Waals surface area contributed by atoms with Crippen LogP contribution >= 0.6 is 12.4 Å². The second kappa shape index (κ2) is 9.80. The van der Waals surface area contributed by atoms with Crippen LogP contribution in [-0.4, -0.2) is 42.2 Å². The topological polar surface area (TPSA) is 88.1 Å². The Morgan fingerprint density at radius 1 is 1.28 bits per heavy atom. The number of benzene rings is 1. The maximum absolute atomic E-state index is 12.3. The van der Waals surface area contributed by atoms with Crippen LogP contribution in [0.1, 0.15) is 27.5 Å². The molecule has 7 nitrogen and oxygen atoms in total. The molecule has 136 valence electrons. The van der Waals surface area contributed by atoms with Gasteiger partial charge in [-0.1, -0.05) is 12.1 Å². The third kappa shape index (κ3) is 5.58. The molecule has 0 aliphatic carbocycles. The molecule has 0 saturated heterocycles. The van der Waals surface area contributed by atoms with E-state index in [9.17, 15) is 9.59 Å². The Morgan fingerprint density at radius 3 is 2.64 bits per heavy atom. The maximum Gasteiger partial charge on any atom is 0.251 e. The van der Waals surface area contributed by atoms with Gasteiger partial charge in [-0.15, -0.1) is 12.4 Å². The van der Waals surface area contributed by atoms with Crippen LogP contribution < -0.4 is 16.0 Å². The lowest BCUT2D eigenvalue weighted by molar-refractivity contribution is -0.123. The van der Waals surface area contributed by atoms with Gasteiger partial charge in [0.05, 0.1) is 6.20 Å². The first kappa shape index (κ1) is 20.7. The summed E-state index contributed by atoms with van der Waals surface area (Å²) < 4.78 is 1.66. The molecule has 0 aliphatic rings. The Balaban J connectivity index is 0.00000312. The third-order valence-electron chi connectivity index (χ3n) is 3.74. The van der Waals surface area contributed by atoms with Crippen molar-refractivity contribution < 1.29 is 9.59 Å². The van der Waals surface area contributed by atoms with Gasteiger partial charge in [-0.05, 0) is 31.2 Å². The number of halogens is 1. The average Bonchev–Trinajstić information content (AvgIpc) is 3.01. The van der Waals surface area contributed by atoms with Crippen molar-refractivity contribution >= 4 is 24.2 Å². The van der Waals surface area contributed by atoms with Crippen LogP contribution in [0.3, 0.4) is 0 Å². The van der Waals surface area contributed by atoms with Crippen molar-refractivity contribution in [2.45, 2.75) is 12.5 Å². The lowest BCUT2D eigenvalue weighted by atomic mass is 10.1. The Labute approximate surface area is 153 Å². The van der Waals surface area contributed by atoms with Crippen LogP contribution in [0.15, 0.2) is 36.7 Å². The molecule has 0 spiro atoms. The summed E-state index contributed by atoms with van der Waals surface area (Å²) in [4.78, 5) is 24.0. The Morgan fingerprint density at radius 2 is 2.04 bits per heavy atom. The number of aromatic nitrogens is 2. The van der Waals surface area contributed by atoms with Crippen molar-refractivity contribution in [3.8, 4) is 0 Å². The zero-order valence-corrected chi connectivity index (χ0v) is 15.4. The summed E-state index contributed by atoms with van der Waals surface area (Å²) >= 11 is 0. The van der Waals surface area contributed by atoms with E-state index in [1.807, 2.05) is 31.4 Å². The van der Waals surface area contributed by atoms with E-state index in [4.69, 9.17) is 0 Å². The lowest BCUT2D eigenvalue weighted by Gasteiger charge is -2.14. The fourth-order valence-electron chi connectivity index (χ4n) is 2.48. The van der Waals surface area contributed by atoms with Gasteiger partial charge in [0.15, 0.2) is 0 Å². The van der Waals surface area contributed by atoms with Gasteiger partial charge < -0.3 is 16.0 Å². The highest BCUT2D eigenvalue weighted by Crippen LogP contribution is 2.11. The average molecular weight is 366 g/mol. The summed E-state index contributed by atoms with van der Waals surface area (Å²) in [5.74, 6) is -0.222. The molecular formula is C17H24ClN5O2. The van der Waals surface area contributed by atoms with Crippen LogP contribution in [0.5, 0.6) is 0 Å². The number of rotatable bonds is 7. The first-order valence-electron chi connectivity index (χ1n) is 7.79. The number of nitrogens with one attached hydrogen (secondary N) is 3. The fourth-order valence-corrected chi connectivity index (χ4v) is 2.48.